The fourth-order valence-corrected chi connectivity index (χ4v) is 2.35. The van der Waals surface area contributed by atoms with Crippen molar-refractivity contribution in [2.45, 2.75) is 45.1 Å². The lowest BCUT2D eigenvalue weighted by Crippen LogP contribution is -2.41. The molecule has 0 aromatic heterocycles. The minimum absolute atomic E-state index is 0.0917. The highest BCUT2D eigenvalue weighted by Crippen LogP contribution is 2.23. The number of carbonyl (C=O) groups excluding carboxylic acids is 1. The van der Waals surface area contributed by atoms with E-state index in [1.165, 1.54) is 6.92 Å². The first-order valence-electron chi connectivity index (χ1n) is 5.09. The molecule has 1 fully saturated rings. The van der Waals surface area contributed by atoms with Gasteiger partial charge in [0.1, 0.15) is 0 Å². The molecule has 15 heavy (non-hydrogen) atoms. The van der Waals surface area contributed by atoms with Gasteiger partial charge in [-0.05, 0) is 12.8 Å². The van der Waals surface area contributed by atoms with Crippen molar-refractivity contribution in [2.24, 2.45) is 0 Å². The molecule has 6 heteroatoms. The van der Waals surface area contributed by atoms with E-state index < -0.39 is 10.1 Å². The molecule has 1 aliphatic rings. The second-order valence-electron chi connectivity index (χ2n) is 3.92. The molecule has 1 aliphatic carbocycles. The normalized spacial score (nSPS) is 18.8. The third kappa shape index (κ3) is 4.17. The summed E-state index contributed by atoms with van der Waals surface area (Å²) in [5.41, 5.74) is 0. The number of amides is 1. The van der Waals surface area contributed by atoms with Crippen LogP contribution >= 0.6 is 0 Å². The van der Waals surface area contributed by atoms with Gasteiger partial charge in [-0.15, -0.1) is 4.28 Å². The maximum Gasteiger partial charge on any atom is 0.285 e. The molecule has 0 unspecified atom stereocenters. The van der Waals surface area contributed by atoms with Crippen LogP contribution in [0.25, 0.3) is 0 Å². The number of hydrogen-bond acceptors (Lipinski definition) is 4. The van der Waals surface area contributed by atoms with Gasteiger partial charge in [-0.2, -0.15) is 8.42 Å². The predicted molar refractivity (Wildman–Crippen MR) is 55.3 cm³/mol. The summed E-state index contributed by atoms with van der Waals surface area (Å²) in [4.78, 5) is 11.3. The van der Waals surface area contributed by atoms with E-state index in [-0.39, 0.29) is 11.9 Å². The SMILES string of the molecule is CC(=O)N(OS(C)(=O)=O)C1CCCCC1. The minimum Gasteiger partial charge on any atom is -0.273 e. The zero-order valence-corrected chi connectivity index (χ0v) is 9.92. The monoisotopic (exact) mass is 235 g/mol. The molecule has 0 saturated heterocycles. The van der Waals surface area contributed by atoms with Gasteiger partial charge in [0.25, 0.3) is 10.1 Å². The smallest absolute Gasteiger partial charge is 0.273 e. The van der Waals surface area contributed by atoms with Crippen LogP contribution in [0.4, 0.5) is 0 Å². The van der Waals surface area contributed by atoms with Gasteiger partial charge in [0, 0.05) is 6.92 Å². The van der Waals surface area contributed by atoms with Crippen LogP contribution in [-0.2, 0) is 19.2 Å². The Hall–Kier alpha value is -0.620. The van der Waals surface area contributed by atoms with E-state index >= 15 is 0 Å². The van der Waals surface area contributed by atoms with Gasteiger partial charge in [-0.3, -0.25) is 4.79 Å². The molecule has 1 saturated carbocycles. The Morgan fingerprint density at radius 3 is 2.20 bits per heavy atom. The maximum absolute atomic E-state index is 11.3. The fourth-order valence-electron chi connectivity index (χ4n) is 1.83. The fraction of sp³-hybridized carbons (Fsp3) is 0.889. The average molecular weight is 235 g/mol. The minimum atomic E-state index is -3.61. The molecule has 0 aromatic carbocycles. The molecule has 0 atom stereocenters. The van der Waals surface area contributed by atoms with Gasteiger partial charge in [0.15, 0.2) is 0 Å². The molecule has 1 rings (SSSR count). The summed E-state index contributed by atoms with van der Waals surface area (Å²) in [5, 5.41) is 1.01. The Labute approximate surface area is 90.5 Å². The molecule has 88 valence electrons. The van der Waals surface area contributed by atoms with Crippen LogP contribution in [0.15, 0.2) is 0 Å². The lowest BCUT2D eigenvalue weighted by atomic mass is 9.95. The highest BCUT2D eigenvalue weighted by molar-refractivity contribution is 7.85. The first-order chi connectivity index (χ1) is 6.90. The standard InChI is InChI=1S/C9H17NO4S/c1-8(11)10(14-15(2,12)13)9-6-4-3-5-7-9/h9H,3-7H2,1-2H3. The van der Waals surface area contributed by atoms with Crippen LogP contribution in [0.1, 0.15) is 39.0 Å². The summed E-state index contributed by atoms with van der Waals surface area (Å²) < 4.78 is 26.6. The Kier molecular flexibility index (Phi) is 4.10. The van der Waals surface area contributed by atoms with Gasteiger partial charge in [-0.25, -0.2) is 5.06 Å². The molecule has 0 bridgehead atoms. The molecule has 1 amide bonds. The van der Waals surface area contributed by atoms with E-state index in [9.17, 15) is 13.2 Å². The lowest BCUT2D eigenvalue weighted by molar-refractivity contribution is -0.164. The summed E-state index contributed by atoms with van der Waals surface area (Å²) in [6.07, 6.45) is 5.75. The van der Waals surface area contributed by atoms with Crippen LogP contribution in [0.3, 0.4) is 0 Å². The van der Waals surface area contributed by atoms with E-state index in [0.29, 0.717) is 0 Å². The molecule has 0 heterocycles. The molecular weight excluding hydrogens is 218 g/mol. The maximum atomic E-state index is 11.3. The van der Waals surface area contributed by atoms with Crippen molar-refractivity contribution in [1.82, 2.24) is 5.06 Å². The van der Waals surface area contributed by atoms with E-state index in [0.717, 1.165) is 43.4 Å². The number of hydrogen-bond donors (Lipinski definition) is 0. The molecule has 5 nitrogen and oxygen atoms in total. The third-order valence-corrected chi connectivity index (χ3v) is 2.86. The summed E-state index contributed by atoms with van der Waals surface area (Å²) >= 11 is 0. The lowest BCUT2D eigenvalue weighted by Gasteiger charge is -2.30. The van der Waals surface area contributed by atoms with Gasteiger partial charge in [0.2, 0.25) is 5.91 Å². The molecule has 0 aromatic rings. The van der Waals surface area contributed by atoms with Gasteiger partial charge >= 0.3 is 0 Å². The van der Waals surface area contributed by atoms with Crippen molar-refractivity contribution < 1.29 is 17.5 Å². The van der Waals surface area contributed by atoms with Crippen molar-refractivity contribution in [2.75, 3.05) is 6.26 Å². The van der Waals surface area contributed by atoms with Crippen molar-refractivity contribution in [3.63, 3.8) is 0 Å². The summed E-state index contributed by atoms with van der Waals surface area (Å²) in [7, 11) is -3.61. The van der Waals surface area contributed by atoms with Crippen molar-refractivity contribution in [3.8, 4) is 0 Å². The highest BCUT2D eigenvalue weighted by Gasteiger charge is 2.27. The Morgan fingerprint density at radius 1 is 1.27 bits per heavy atom. The number of carbonyl (C=O) groups is 1. The van der Waals surface area contributed by atoms with Crippen LogP contribution in [0, 0.1) is 0 Å². The second-order valence-corrected chi connectivity index (χ2v) is 5.47. The third-order valence-electron chi connectivity index (χ3n) is 2.43. The van der Waals surface area contributed by atoms with E-state index in [2.05, 4.69) is 0 Å². The number of rotatable bonds is 3. The van der Waals surface area contributed by atoms with Crippen molar-refractivity contribution >= 4 is 16.0 Å². The van der Waals surface area contributed by atoms with Crippen molar-refractivity contribution in [3.05, 3.63) is 0 Å². The summed E-state index contributed by atoms with van der Waals surface area (Å²) in [6.45, 7) is 1.32. The van der Waals surface area contributed by atoms with E-state index in [1.54, 1.807) is 0 Å². The first kappa shape index (κ1) is 12.4. The largest absolute Gasteiger partial charge is 0.285 e. The van der Waals surface area contributed by atoms with Gasteiger partial charge in [-0.1, -0.05) is 19.3 Å². The summed E-state index contributed by atoms with van der Waals surface area (Å²) in [5.74, 6) is -0.354. The van der Waals surface area contributed by atoms with Crippen LogP contribution in [-0.4, -0.2) is 31.7 Å². The summed E-state index contributed by atoms with van der Waals surface area (Å²) in [6, 6.07) is -0.0917. The number of nitrogens with zero attached hydrogens (tertiary/aromatic N) is 1. The molecule has 0 aliphatic heterocycles. The average Bonchev–Trinajstić information content (AvgIpc) is 2.14. The van der Waals surface area contributed by atoms with Crippen molar-refractivity contribution in [1.29, 1.82) is 0 Å². The quantitative estimate of drug-likeness (QED) is 0.686. The van der Waals surface area contributed by atoms with Gasteiger partial charge in [0.05, 0.1) is 12.3 Å². The zero-order chi connectivity index (χ0) is 11.5. The highest BCUT2D eigenvalue weighted by atomic mass is 32.2. The molecule has 0 radical (unpaired) electrons. The van der Waals surface area contributed by atoms with Crippen LogP contribution in [0.5, 0.6) is 0 Å². The Bertz CT molecular complexity index is 319. The Morgan fingerprint density at radius 2 is 1.80 bits per heavy atom. The number of hydroxylamine groups is 2. The predicted octanol–water partition coefficient (Wildman–Crippen LogP) is 1.06. The Balaban J connectivity index is 2.68. The van der Waals surface area contributed by atoms with Crippen LogP contribution < -0.4 is 0 Å². The zero-order valence-electron chi connectivity index (χ0n) is 9.10. The molecule has 0 spiro atoms. The van der Waals surface area contributed by atoms with E-state index in [4.69, 9.17) is 4.28 Å². The molecular formula is C9H17NO4S. The topological polar surface area (TPSA) is 63.7 Å². The first-order valence-corrected chi connectivity index (χ1v) is 6.91. The van der Waals surface area contributed by atoms with Crippen LogP contribution in [0.2, 0.25) is 0 Å². The van der Waals surface area contributed by atoms with Gasteiger partial charge < -0.3 is 0 Å². The van der Waals surface area contributed by atoms with E-state index in [1.807, 2.05) is 0 Å². The molecule has 0 N–H and O–H groups in total. The second kappa shape index (κ2) is 4.94.